The second-order valence-corrected chi connectivity index (χ2v) is 13.4. The number of nitrogens with one attached hydrogen (secondary N) is 1. The lowest BCUT2D eigenvalue weighted by Gasteiger charge is -2.42. The molecule has 0 saturated carbocycles. The van der Waals surface area contributed by atoms with Crippen molar-refractivity contribution in [2.24, 2.45) is 0 Å². The zero-order valence-corrected chi connectivity index (χ0v) is 28.1. The van der Waals surface area contributed by atoms with Gasteiger partial charge < -0.3 is 24.6 Å². The summed E-state index contributed by atoms with van der Waals surface area (Å²) in [5.41, 5.74) is -1.88. The summed E-state index contributed by atoms with van der Waals surface area (Å²) in [5, 5.41) is 17.1. The van der Waals surface area contributed by atoms with Gasteiger partial charge >= 0.3 is 6.18 Å². The van der Waals surface area contributed by atoms with Gasteiger partial charge in [0.15, 0.2) is 17.3 Å². The van der Waals surface area contributed by atoms with Crippen LogP contribution in [0.1, 0.15) is 70.9 Å². The molecule has 1 aromatic carbocycles. The summed E-state index contributed by atoms with van der Waals surface area (Å²) in [4.78, 5) is 54.9. The Bertz CT molecular complexity index is 2190. The maximum Gasteiger partial charge on any atom is 0.416 e. The number of aromatic hydroxyl groups is 1. The third-order valence-corrected chi connectivity index (χ3v) is 10.2. The van der Waals surface area contributed by atoms with Crippen molar-refractivity contribution >= 4 is 40.5 Å². The monoisotopic (exact) mass is 730 g/mol. The van der Waals surface area contributed by atoms with Gasteiger partial charge in [0.05, 0.1) is 41.7 Å². The Kier molecular flexibility index (Phi) is 8.60. The lowest BCUT2D eigenvalue weighted by Crippen LogP contribution is -2.54. The second-order valence-electron chi connectivity index (χ2n) is 13.0. The van der Waals surface area contributed by atoms with E-state index >= 15 is 4.39 Å². The summed E-state index contributed by atoms with van der Waals surface area (Å²) in [6.45, 7) is 3.21. The molecule has 0 radical (unpaired) electrons. The molecule has 1 aliphatic carbocycles. The van der Waals surface area contributed by atoms with Gasteiger partial charge in [-0.2, -0.15) is 22.7 Å². The maximum absolute atomic E-state index is 16.7. The molecule has 0 bridgehead atoms. The number of nitrogens with zero attached hydrogens (tertiary/aromatic N) is 7. The van der Waals surface area contributed by atoms with Crippen LogP contribution >= 0.6 is 11.6 Å². The van der Waals surface area contributed by atoms with Crippen molar-refractivity contribution in [2.45, 2.75) is 63.3 Å². The van der Waals surface area contributed by atoms with Crippen LogP contribution in [0.4, 0.5) is 23.2 Å². The standard InChI is InChI=1S/C33H31ClF4N8O5/c1-16-12-32(7-8-44(13-22(32)35)30(50)25-27(48)17(2)39-15-40-25)24-26(16)45(14-23(47)41-21-4-3-19(11-20(21)34)33(36,37)38)31-42-28(43-46(31)29(24)49)18-5-9-51-10-6-18/h3-5,11,15-16,22,48H,6-10,12-14H2,1-2H3,(H,41,47). The predicted molar refractivity (Wildman–Crippen MR) is 174 cm³/mol. The maximum atomic E-state index is 16.7. The number of halogens is 5. The third-order valence-electron chi connectivity index (χ3n) is 9.85. The Morgan fingerprint density at radius 2 is 2.02 bits per heavy atom. The Morgan fingerprint density at radius 3 is 2.71 bits per heavy atom. The summed E-state index contributed by atoms with van der Waals surface area (Å²) in [6.07, 6.45) is -2.77. The first-order chi connectivity index (χ1) is 24.2. The number of amides is 2. The summed E-state index contributed by atoms with van der Waals surface area (Å²) in [5.74, 6) is -1.98. The third kappa shape index (κ3) is 5.91. The summed E-state index contributed by atoms with van der Waals surface area (Å²) in [6, 6.07) is 2.54. The number of alkyl halides is 4. The molecule has 2 N–H and O–H groups in total. The number of benzene rings is 1. The second kappa shape index (κ2) is 12.7. The average Bonchev–Trinajstić information content (AvgIpc) is 3.67. The average molecular weight is 731 g/mol. The largest absolute Gasteiger partial charge is 0.504 e. The molecule has 7 rings (SSSR count). The Hall–Kier alpha value is -4.90. The number of piperidine rings is 1. The highest BCUT2D eigenvalue weighted by Crippen LogP contribution is 2.51. The molecule has 3 aromatic heterocycles. The molecular weight excluding hydrogens is 700 g/mol. The fourth-order valence-electron chi connectivity index (χ4n) is 7.37. The SMILES string of the molecule is Cc1ncnc(C(=O)N2CCC3(CC(C)c4c3c(=O)n3nc(C5=CCOCC5)nc3n4CC(=O)Nc3ccc(C(F)(F)F)cc3Cl)C(F)C2)c1O. The van der Waals surface area contributed by atoms with Crippen molar-refractivity contribution in [2.75, 3.05) is 31.6 Å². The van der Waals surface area contributed by atoms with Crippen LogP contribution in [0.2, 0.25) is 5.02 Å². The van der Waals surface area contributed by atoms with Gasteiger partial charge in [0.25, 0.3) is 11.5 Å². The highest BCUT2D eigenvalue weighted by atomic mass is 35.5. The van der Waals surface area contributed by atoms with E-state index in [2.05, 4.69) is 25.4 Å². The lowest BCUT2D eigenvalue weighted by atomic mass is 9.72. The fourth-order valence-corrected chi connectivity index (χ4v) is 7.59. The molecule has 1 saturated heterocycles. The molecule has 1 spiro atoms. The minimum Gasteiger partial charge on any atom is -0.504 e. The molecule has 51 heavy (non-hydrogen) atoms. The van der Waals surface area contributed by atoms with E-state index in [-0.39, 0.29) is 58.6 Å². The van der Waals surface area contributed by atoms with Crippen LogP contribution in [0.25, 0.3) is 11.4 Å². The first kappa shape index (κ1) is 34.5. The van der Waals surface area contributed by atoms with Gasteiger partial charge in [0, 0.05) is 23.2 Å². The Labute approximate surface area is 291 Å². The molecule has 5 heterocycles. The summed E-state index contributed by atoms with van der Waals surface area (Å²) in [7, 11) is 0. The molecule has 268 valence electrons. The van der Waals surface area contributed by atoms with E-state index in [1.165, 1.54) is 16.4 Å². The van der Waals surface area contributed by atoms with Gasteiger partial charge in [-0.1, -0.05) is 24.6 Å². The van der Waals surface area contributed by atoms with Crippen LogP contribution in [0, 0.1) is 6.92 Å². The van der Waals surface area contributed by atoms with Crippen molar-refractivity contribution in [3.05, 3.63) is 80.0 Å². The molecule has 2 aliphatic heterocycles. The van der Waals surface area contributed by atoms with Gasteiger partial charge in [0.2, 0.25) is 11.7 Å². The minimum atomic E-state index is -4.64. The zero-order valence-electron chi connectivity index (χ0n) is 27.3. The summed E-state index contributed by atoms with van der Waals surface area (Å²) >= 11 is 6.11. The highest BCUT2D eigenvalue weighted by molar-refractivity contribution is 6.33. The lowest BCUT2D eigenvalue weighted by molar-refractivity contribution is -0.137. The molecule has 18 heteroatoms. The van der Waals surface area contributed by atoms with E-state index in [1.54, 1.807) is 13.0 Å². The van der Waals surface area contributed by atoms with Gasteiger partial charge in [-0.3, -0.25) is 14.4 Å². The van der Waals surface area contributed by atoms with Crippen molar-refractivity contribution in [1.29, 1.82) is 0 Å². The van der Waals surface area contributed by atoms with Crippen molar-refractivity contribution in [3.8, 4) is 5.75 Å². The van der Waals surface area contributed by atoms with E-state index in [0.717, 1.165) is 28.5 Å². The number of carbonyl (C=O) groups excluding carboxylic acids is 2. The van der Waals surface area contributed by atoms with Gasteiger partial charge in [0.1, 0.15) is 19.0 Å². The smallest absolute Gasteiger partial charge is 0.416 e. The number of anilines is 1. The molecule has 3 aliphatic rings. The van der Waals surface area contributed by atoms with E-state index in [4.69, 9.17) is 16.3 Å². The van der Waals surface area contributed by atoms with E-state index in [0.29, 0.717) is 31.4 Å². The van der Waals surface area contributed by atoms with Crippen LogP contribution in [0.3, 0.4) is 0 Å². The highest BCUT2D eigenvalue weighted by Gasteiger charge is 2.55. The van der Waals surface area contributed by atoms with Crippen LogP contribution in [-0.2, 0) is 27.7 Å². The Balaban J connectivity index is 1.28. The number of fused-ring (bicyclic) bond motifs is 3. The number of likely N-dealkylation sites (tertiary alicyclic amines) is 1. The van der Waals surface area contributed by atoms with E-state index in [1.807, 2.05) is 0 Å². The predicted octanol–water partition coefficient (Wildman–Crippen LogP) is 4.44. The molecule has 1 fully saturated rings. The van der Waals surface area contributed by atoms with Crippen LogP contribution in [-0.4, -0.2) is 83.4 Å². The van der Waals surface area contributed by atoms with Crippen molar-refractivity contribution in [1.82, 2.24) is 34.0 Å². The number of ether oxygens (including phenoxy) is 1. The van der Waals surface area contributed by atoms with Crippen LogP contribution < -0.4 is 10.9 Å². The fraction of sp³-hybridized carbons (Fsp3) is 0.424. The molecule has 3 atom stereocenters. The molecule has 3 unspecified atom stereocenters. The number of carbonyl (C=O) groups is 2. The van der Waals surface area contributed by atoms with Gasteiger partial charge in [-0.05, 0) is 55.9 Å². The number of hydrogen-bond acceptors (Lipinski definition) is 9. The molecule has 13 nitrogen and oxygen atoms in total. The first-order valence-electron chi connectivity index (χ1n) is 16.1. The number of rotatable bonds is 5. The van der Waals surface area contributed by atoms with Crippen LogP contribution in [0.5, 0.6) is 5.75 Å². The topological polar surface area (TPSA) is 157 Å². The van der Waals surface area contributed by atoms with Crippen molar-refractivity contribution < 1.29 is 37.0 Å². The first-order valence-corrected chi connectivity index (χ1v) is 16.5. The molecule has 2 amide bonds. The minimum absolute atomic E-state index is 0.0244. The summed E-state index contributed by atoms with van der Waals surface area (Å²) < 4.78 is 64.3. The van der Waals surface area contributed by atoms with Gasteiger partial charge in [-0.15, -0.1) is 5.10 Å². The quantitative estimate of drug-likeness (QED) is 0.284. The molecule has 4 aromatic rings. The van der Waals surface area contributed by atoms with E-state index < -0.39 is 65.5 Å². The van der Waals surface area contributed by atoms with Gasteiger partial charge in [-0.25, -0.2) is 14.4 Å². The van der Waals surface area contributed by atoms with Crippen molar-refractivity contribution in [3.63, 3.8) is 0 Å². The normalized spacial score (nSPS) is 21.9. The van der Waals surface area contributed by atoms with Crippen LogP contribution in [0.15, 0.2) is 35.4 Å². The Morgan fingerprint density at radius 1 is 1.24 bits per heavy atom. The number of hydrogen-bond donors (Lipinski definition) is 2. The van der Waals surface area contributed by atoms with E-state index in [9.17, 15) is 32.7 Å². The molecular formula is C33H31ClF4N8O5. The number of aromatic nitrogens is 6. The zero-order chi connectivity index (χ0) is 36.4. The number of aryl methyl sites for hydroxylation is 1.